The van der Waals surface area contributed by atoms with Gasteiger partial charge in [0.2, 0.25) is 0 Å². The molecule has 2 aliphatic rings. The third-order valence-electron chi connectivity index (χ3n) is 3.13. The van der Waals surface area contributed by atoms with Gasteiger partial charge in [-0.3, -0.25) is 0 Å². The summed E-state index contributed by atoms with van der Waals surface area (Å²) in [6.45, 7) is 9.03. The quantitative estimate of drug-likeness (QED) is 0.631. The highest BCUT2D eigenvalue weighted by Crippen LogP contribution is 2.24. The van der Waals surface area contributed by atoms with E-state index >= 15 is 0 Å². The second kappa shape index (κ2) is 6.79. The van der Waals surface area contributed by atoms with Crippen LogP contribution in [-0.4, -0.2) is 37.9 Å². The van der Waals surface area contributed by atoms with Crippen LogP contribution in [0.25, 0.3) is 0 Å². The van der Waals surface area contributed by atoms with E-state index < -0.39 is 0 Å². The molecule has 0 spiro atoms. The summed E-state index contributed by atoms with van der Waals surface area (Å²) in [4.78, 5) is 0. The minimum absolute atomic E-state index is 0.206. The molecule has 2 fully saturated rings. The molecule has 0 aliphatic carbocycles. The first kappa shape index (κ1) is 15.6. The van der Waals surface area contributed by atoms with Crippen LogP contribution in [0, 0.1) is 0 Å². The summed E-state index contributed by atoms with van der Waals surface area (Å²) >= 11 is 5.27. The van der Waals surface area contributed by atoms with Crippen molar-refractivity contribution in [1.29, 1.82) is 0 Å². The normalized spacial score (nSPS) is 23.6. The number of hydrogen-bond acceptors (Lipinski definition) is 3. The summed E-state index contributed by atoms with van der Waals surface area (Å²) in [6, 6.07) is 8.32. The molecular formula is C16H23ClO3. The van der Waals surface area contributed by atoms with Gasteiger partial charge in [-0.05, 0) is 23.1 Å². The van der Waals surface area contributed by atoms with Gasteiger partial charge in [-0.15, -0.1) is 11.6 Å². The Morgan fingerprint density at radius 2 is 1.65 bits per heavy atom. The van der Waals surface area contributed by atoms with Crippen LogP contribution < -0.4 is 4.74 Å². The smallest absolute Gasteiger partial charge is 0.119 e. The van der Waals surface area contributed by atoms with E-state index in [1.807, 2.05) is 12.1 Å². The van der Waals surface area contributed by atoms with Crippen LogP contribution in [0.1, 0.15) is 26.3 Å². The van der Waals surface area contributed by atoms with E-state index in [1.165, 1.54) is 5.56 Å². The molecule has 2 aliphatic heterocycles. The molecule has 4 heteroatoms. The van der Waals surface area contributed by atoms with Crippen LogP contribution in [0.5, 0.6) is 5.75 Å². The van der Waals surface area contributed by atoms with Crippen LogP contribution in [0.2, 0.25) is 0 Å². The van der Waals surface area contributed by atoms with E-state index in [9.17, 15) is 0 Å². The standard InChI is InChI=1S/C13H18O2.C3H5ClO/c1-13(2,3)10-4-6-11(7-5-10)14-8-12-9-15-12;4-1-3-2-5-3/h4-7,12H,8-9H2,1-3H3;3H,1-2H2/t;3-/m.0/s1. The summed E-state index contributed by atoms with van der Waals surface area (Å²) in [6.07, 6.45) is 0.726. The number of halogens is 1. The second-order valence-corrected chi connectivity index (χ2v) is 6.46. The molecule has 2 heterocycles. The third-order valence-corrected chi connectivity index (χ3v) is 3.48. The van der Waals surface area contributed by atoms with Crippen molar-refractivity contribution in [3.8, 4) is 5.75 Å². The minimum Gasteiger partial charge on any atom is -0.491 e. The molecule has 0 aromatic heterocycles. The van der Waals surface area contributed by atoms with Gasteiger partial charge in [-0.2, -0.15) is 0 Å². The van der Waals surface area contributed by atoms with Gasteiger partial charge >= 0.3 is 0 Å². The molecule has 1 unspecified atom stereocenters. The predicted octanol–water partition coefficient (Wildman–Crippen LogP) is 3.39. The Morgan fingerprint density at radius 1 is 1.10 bits per heavy atom. The zero-order chi connectivity index (χ0) is 14.6. The van der Waals surface area contributed by atoms with Crippen molar-refractivity contribution in [3.63, 3.8) is 0 Å². The van der Waals surface area contributed by atoms with Crippen molar-refractivity contribution in [2.45, 2.75) is 38.4 Å². The summed E-state index contributed by atoms with van der Waals surface area (Å²) < 4.78 is 15.4. The highest BCUT2D eigenvalue weighted by atomic mass is 35.5. The van der Waals surface area contributed by atoms with E-state index in [0.29, 0.717) is 24.7 Å². The highest BCUT2D eigenvalue weighted by Gasteiger charge is 2.23. The molecule has 2 atom stereocenters. The molecule has 0 amide bonds. The van der Waals surface area contributed by atoms with Crippen molar-refractivity contribution >= 4 is 11.6 Å². The number of rotatable bonds is 4. The molecule has 0 bridgehead atoms. The third kappa shape index (κ3) is 5.70. The maximum Gasteiger partial charge on any atom is 0.119 e. The van der Waals surface area contributed by atoms with Gasteiger partial charge in [-0.1, -0.05) is 32.9 Å². The van der Waals surface area contributed by atoms with Crippen molar-refractivity contribution in [1.82, 2.24) is 0 Å². The minimum atomic E-state index is 0.206. The lowest BCUT2D eigenvalue weighted by molar-refractivity contribution is 0.263. The molecular weight excluding hydrogens is 276 g/mol. The van der Waals surface area contributed by atoms with E-state index in [1.54, 1.807) is 0 Å². The van der Waals surface area contributed by atoms with Crippen LogP contribution in [0.15, 0.2) is 24.3 Å². The number of epoxide rings is 2. The number of ether oxygens (including phenoxy) is 3. The second-order valence-electron chi connectivity index (χ2n) is 6.15. The van der Waals surface area contributed by atoms with Gasteiger partial charge in [-0.25, -0.2) is 0 Å². The fraction of sp³-hybridized carbons (Fsp3) is 0.625. The summed E-state index contributed by atoms with van der Waals surface area (Å²) in [5.74, 6) is 1.60. The fourth-order valence-electron chi connectivity index (χ4n) is 1.56. The molecule has 1 aromatic carbocycles. The molecule has 0 saturated carbocycles. The first-order chi connectivity index (χ1) is 9.49. The molecule has 20 heavy (non-hydrogen) atoms. The maximum atomic E-state index is 5.57. The van der Waals surface area contributed by atoms with Crippen LogP contribution >= 0.6 is 11.6 Å². The highest BCUT2D eigenvalue weighted by molar-refractivity contribution is 6.18. The lowest BCUT2D eigenvalue weighted by Gasteiger charge is -2.19. The SMILES string of the molecule is CC(C)(C)c1ccc(OCC2CO2)cc1.ClC[C@H]1CO1. The Bertz CT molecular complexity index is 403. The van der Waals surface area contributed by atoms with Gasteiger partial charge in [0, 0.05) is 0 Å². The van der Waals surface area contributed by atoms with Gasteiger partial charge < -0.3 is 14.2 Å². The van der Waals surface area contributed by atoms with Crippen molar-refractivity contribution in [2.24, 2.45) is 0 Å². The van der Waals surface area contributed by atoms with Crippen LogP contribution in [0.3, 0.4) is 0 Å². The van der Waals surface area contributed by atoms with Gasteiger partial charge in [0.15, 0.2) is 0 Å². The number of hydrogen-bond donors (Lipinski definition) is 0. The van der Waals surface area contributed by atoms with Gasteiger partial charge in [0.25, 0.3) is 0 Å². The first-order valence-corrected chi connectivity index (χ1v) is 7.55. The number of benzene rings is 1. The molecule has 3 rings (SSSR count). The monoisotopic (exact) mass is 298 g/mol. The molecule has 0 radical (unpaired) electrons. The van der Waals surface area contributed by atoms with Crippen LogP contribution in [0.4, 0.5) is 0 Å². The van der Waals surface area contributed by atoms with E-state index in [4.69, 9.17) is 25.8 Å². The Labute approximate surface area is 126 Å². The molecule has 0 N–H and O–H groups in total. The van der Waals surface area contributed by atoms with E-state index in [2.05, 4.69) is 32.9 Å². The Morgan fingerprint density at radius 3 is 2.00 bits per heavy atom. The lowest BCUT2D eigenvalue weighted by atomic mass is 9.87. The van der Waals surface area contributed by atoms with Crippen molar-refractivity contribution in [3.05, 3.63) is 29.8 Å². The predicted molar refractivity (Wildman–Crippen MR) is 80.8 cm³/mol. The molecule has 3 nitrogen and oxygen atoms in total. The number of alkyl halides is 1. The topological polar surface area (TPSA) is 34.3 Å². The first-order valence-electron chi connectivity index (χ1n) is 7.01. The average molecular weight is 299 g/mol. The summed E-state index contributed by atoms with van der Waals surface area (Å²) in [5, 5.41) is 0. The van der Waals surface area contributed by atoms with Gasteiger partial charge in [0.1, 0.15) is 18.5 Å². The maximum absolute atomic E-state index is 5.57. The van der Waals surface area contributed by atoms with Crippen LogP contribution in [-0.2, 0) is 14.9 Å². The van der Waals surface area contributed by atoms with Gasteiger partial charge in [0.05, 0.1) is 25.2 Å². The summed E-state index contributed by atoms with van der Waals surface area (Å²) in [7, 11) is 0. The Hall–Kier alpha value is -0.770. The molecule has 1 aromatic rings. The lowest BCUT2D eigenvalue weighted by Crippen LogP contribution is -2.11. The van der Waals surface area contributed by atoms with Crippen molar-refractivity contribution < 1.29 is 14.2 Å². The molecule has 112 valence electrons. The largest absolute Gasteiger partial charge is 0.491 e. The zero-order valence-corrected chi connectivity index (χ0v) is 13.2. The van der Waals surface area contributed by atoms with Crippen molar-refractivity contribution in [2.75, 3.05) is 25.7 Å². The molecule has 2 saturated heterocycles. The Balaban J connectivity index is 0.000000247. The Kier molecular flexibility index (Phi) is 5.30. The zero-order valence-electron chi connectivity index (χ0n) is 12.4. The average Bonchev–Trinajstić information content (AvgIpc) is 3.30. The summed E-state index contributed by atoms with van der Waals surface area (Å²) in [5.41, 5.74) is 1.54. The van der Waals surface area contributed by atoms with E-state index in [-0.39, 0.29) is 5.41 Å². The fourth-order valence-corrected chi connectivity index (χ4v) is 1.74. The van der Waals surface area contributed by atoms with E-state index in [0.717, 1.165) is 19.0 Å².